The second kappa shape index (κ2) is 10.1. The topological polar surface area (TPSA) is 114 Å². The molecule has 1 aromatic rings. The minimum atomic E-state index is -0.870. The number of hydrogen-bond acceptors (Lipinski definition) is 6. The molecule has 0 aliphatic heterocycles. The molecule has 1 aromatic carbocycles. The summed E-state index contributed by atoms with van der Waals surface area (Å²) >= 11 is 0. The Morgan fingerprint density at radius 1 is 1.18 bits per heavy atom. The Balaban J connectivity index is 1.96. The standard InChI is InChI=1S/C20H28N2O6/c1-4-28-20(26)17(9-13-5-7-16(27-3)8-6-13)22-18(24)12(2)21-19(25)14-10-15(23)11-14/h5-8,12,14-15,17,23H,4,9-11H2,1-3H3,(H,21,25)(H,22,24)/t12-,14?,15?,17+/m1/s1. The normalized spacial score (nSPS) is 20.3. The summed E-state index contributed by atoms with van der Waals surface area (Å²) in [5.74, 6) is -0.855. The maximum Gasteiger partial charge on any atom is 0.328 e. The number of nitrogens with one attached hydrogen (secondary N) is 2. The molecule has 2 amide bonds. The summed E-state index contributed by atoms with van der Waals surface area (Å²) in [5, 5.41) is 14.6. The van der Waals surface area contributed by atoms with Crippen LogP contribution in [0.15, 0.2) is 24.3 Å². The molecule has 1 fully saturated rings. The van der Waals surface area contributed by atoms with Gasteiger partial charge in [-0.1, -0.05) is 12.1 Å². The lowest BCUT2D eigenvalue weighted by atomic mass is 9.82. The second-order valence-corrected chi connectivity index (χ2v) is 6.92. The van der Waals surface area contributed by atoms with Gasteiger partial charge in [0.25, 0.3) is 0 Å². The maximum absolute atomic E-state index is 12.5. The van der Waals surface area contributed by atoms with E-state index < -0.39 is 30.1 Å². The van der Waals surface area contributed by atoms with Crippen LogP contribution in [0, 0.1) is 5.92 Å². The van der Waals surface area contributed by atoms with Gasteiger partial charge in [-0.25, -0.2) is 4.79 Å². The Morgan fingerprint density at radius 2 is 1.82 bits per heavy atom. The van der Waals surface area contributed by atoms with Crippen molar-refractivity contribution in [2.75, 3.05) is 13.7 Å². The summed E-state index contributed by atoms with van der Waals surface area (Å²) in [6, 6.07) is 5.49. The molecule has 1 aliphatic carbocycles. The van der Waals surface area contributed by atoms with Gasteiger partial charge >= 0.3 is 5.97 Å². The van der Waals surface area contributed by atoms with Crippen molar-refractivity contribution >= 4 is 17.8 Å². The average Bonchev–Trinajstić information content (AvgIpc) is 2.65. The molecule has 8 heteroatoms. The third-order valence-electron chi connectivity index (χ3n) is 4.72. The number of methoxy groups -OCH3 is 1. The fourth-order valence-electron chi connectivity index (χ4n) is 2.93. The predicted molar refractivity (Wildman–Crippen MR) is 102 cm³/mol. The first-order valence-electron chi connectivity index (χ1n) is 9.42. The average molecular weight is 392 g/mol. The molecular formula is C20H28N2O6. The molecule has 0 heterocycles. The van der Waals surface area contributed by atoms with E-state index in [4.69, 9.17) is 9.47 Å². The van der Waals surface area contributed by atoms with E-state index in [1.807, 2.05) is 12.1 Å². The second-order valence-electron chi connectivity index (χ2n) is 6.92. The molecule has 0 saturated heterocycles. The molecule has 0 aromatic heterocycles. The first-order chi connectivity index (χ1) is 13.3. The lowest BCUT2D eigenvalue weighted by Gasteiger charge is -2.31. The molecule has 28 heavy (non-hydrogen) atoms. The third-order valence-corrected chi connectivity index (χ3v) is 4.72. The van der Waals surface area contributed by atoms with Crippen LogP contribution < -0.4 is 15.4 Å². The van der Waals surface area contributed by atoms with Crippen molar-refractivity contribution in [1.29, 1.82) is 0 Å². The van der Waals surface area contributed by atoms with E-state index >= 15 is 0 Å². The van der Waals surface area contributed by atoms with E-state index in [0.717, 1.165) is 5.56 Å². The van der Waals surface area contributed by atoms with Gasteiger partial charge < -0.3 is 25.2 Å². The van der Waals surface area contributed by atoms with Gasteiger partial charge in [0.1, 0.15) is 17.8 Å². The van der Waals surface area contributed by atoms with E-state index in [-0.39, 0.29) is 24.9 Å². The van der Waals surface area contributed by atoms with Crippen molar-refractivity contribution in [2.45, 2.75) is 51.3 Å². The van der Waals surface area contributed by atoms with Gasteiger partial charge in [0.05, 0.1) is 19.8 Å². The van der Waals surface area contributed by atoms with Crippen LogP contribution in [0.2, 0.25) is 0 Å². The van der Waals surface area contributed by atoms with E-state index in [2.05, 4.69) is 10.6 Å². The largest absolute Gasteiger partial charge is 0.497 e. The SMILES string of the molecule is CCOC(=O)[C@H](Cc1ccc(OC)cc1)NC(=O)[C@@H](C)NC(=O)C1CC(O)C1. The van der Waals surface area contributed by atoms with Crippen LogP contribution in [0.5, 0.6) is 5.75 Å². The Morgan fingerprint density at radius 3 is 2.36 bits per heavy atom. The van der Waals surface area contributed by atoms with Gasteiger partial charge in [0.2, 0.25) is 11.8 Å². The number of ether oxygens (including phenoxy) is 2. The van der Waals surface area contributed by atoms with Gasteiger partial charge in [-0.2, -0.15) is 0 Å². The Bertz CT molecular complexity index is 684. The number of carbonyl (C=O) groups excluding carboxylic acids is 3. The molecule has 1 aliphatic rings. The highest BCUT2D eigenvalue weighted by atomic mass is 16.5. The summed E-state index contributed by atoms with van der Waals surface area (Å²) in [4.78, 5) is 36.8. The summed E-state index contributed by atoms with van der Waals surface area (Å²) in [5.41, 5.74) is 0.833. The Kier molecular flexibility index (Phi) is 7.80. The van der Waals surface area contributed by atoms with Crippen LogP contribution in [0.25, 0.3) is 0 Å². The molecule has 0 bridgehead atoms. The molecule has 0 unspecified atom stereocenters. The van der Waals surface area contributed by atoms with Crippen LogP contribution in [0.4, 0.5) is 0 Å². The molecule has 3 N–H and O–H groups in total. The number of amides is 2. The van der Waals surface area contributed by atoms with Crippen molar-refractivity contribution in [2.24, 2.45) is 5.92 Å². The molecule has 1 saturated carbocycles. The van der Waals surface area contributed by atoms with Crippen molar-refractivity contribution in [3.8, 4) is 5.75 Å². The van der Waals surface area contributed by atoms with Crippen LogP contribution in [0.3, 0.4) is 0 Å². The quantitative estimate of drug-likeness (QED) is 0.529. The van der Waals surface area contributed by atoms with Crippen LogP contribution in [-0.4, -0.2) is 54.8 Å². The van der Waals surface area contributed by atoms with E-state index in [9.17, 15) is 19.5 Å². The van der Waals surface area contributed by atoms with Crippen LogP contribution >= 0.6 is 0 Å². The van der Waals surface area contributed by atoms with Gasteiger partial charge in [-0.15, -0.1) is 0 Å². The zero-order valence-electron chi connectivity index (χ0n) is 16.4. The smallest absolute Gasteiger partial charge is 0.328 e. The first kappa shape index (κ1) is 21.7. The summed E-state index contributed by atoms with van der Waals surface area (Å²) < 4.78 is 10.2. The van der Waals surface area contributed by atoms with Gasteiger partial charge in [-0.3, -0.25) is 9.59 Å². The van der Waals surface area contributed by atoms with E-state index in [1.54, 1.807) is 33.1 Å². The highest BCUT2D eigenvalue weighted by Crippen LogP contribution is 2.27. The minimum absolute atomic E-state index is 0.199. The fraction of sp³-hybridized carbons (Fsp3) is 0.550. The number of rotatable bonds is 9. The lowest BCUT2D eigenvalue weighted by Crippen LogP contribution is -2.53. The minimum Gasteiger partial charge on any atom is -0.497 e. The zero-order chi connectivity index (χ0) is 20.7. The highest BCUT2D eigenvalue weighted by molar-refractivity contribution is 5.91. The van der Waals surface area contributed by atoms with Crippen molar-refractivity contribution < 1.29 is 29.0 Å². The molecule has 0 spiro atoms. The van der Waals surface area contributed by atoms with E-state index in [1.165, 1.54) is 0 Å². The molecule has 2 rings (SSSR count). The van der Waals surface area contributed by atoms with Crippen molar-refractivity contribution in [3.63, 3.8) is 0 Å². The van der Waals surface area contributed by atoms with Crippen molar-refractivity contribution in [1.82, 2.24) is 10.6 Å². The van der Waals surface area contributed by atoms with Crippen LogP contribution in [0.1, 0.15) is 32.3 Å². The number of aliphatic hydroxyl groups excluding tert-OH is 1. The summed E-state index contributed by atoms with van der Waals surface area (Å²) in [6.45, 7) is 3.45. The number of carbonyl (C=O) groups is 3. The van der Waals surface area contributed by atoms with Gasteiger partial charge in [0.15, 0.2) is 0 Å². The number of hydrogen-bond donors (Lipinski definition) is 3. The fourth-order valence-corrected chi connectivity index (χ4v) is 2.93. The molecule has 154 valence electrons. The Labute approximate surface area is 164 Å². The lowest BCUT2D eigenvalue weighted by molar-refractivity contribution is -0.147. The zero-order valence-corrected chi connectivity index (χ0v) is 16.4. The van der Waals surface area contributed by atoms with Gasteiger partial charge in [-0.05, 0) is 44.4 Å². The highest BCUT2D eigenvalue weighted by Gasteiger charge is 2.34. The molecular weight excluding hydrogens is 364 g/mol. The number of esters is 1. The number of benzene rings is 1. The van der Waals surface area contributed by atoms with Crippen molar-refractivity contribution in [3.05, 3.63) is 29.8 Å². The maximum atomic E-state index is 12.5. The Hall–Kier alpha value is -2.61. The van der Waals surface area contributed by atoms with E-state index in [0.29, 0.717) is 18.6 Å². The molecule has 0 radical (unpaired) electrons. The number of aliphatic hydroxyl groups is 1. The molecule has 8 nitrogen and oxygen atoms in total. The van der Waals surface area contributed by atoms with Crippen LogP contribution in [-0.2, 0) is 25.5 Å². The predicted octanol–water partition coefficient (Wildman–Crippen LogP) is 0.561. The molecule has 2 atom stereocenters. The first-order valence-corrected chi connectivity index (χ1v) is 9.42. The monoisotopic (exact) mass is 392 g/mol. The third kappa shape index (κ3) is 5.95. The summed E-state index contributed by atoms with van der Waals surface area (Å²) in [7, 11) is 1.57. The summed E-state index contributed by atoms with van der Waals surface area (Å²) in [6.07, 6.45) is 0.619. The van der Waals surface area contributed by atoms with Gasteiger partial charge in [0, 0.05) is 12.3 Å².